The van der Waals surface area contributed by atoms with Crippen molar-refractivity contribution in [2.24, 2.45) is 0 Å². The maximum Gasteiger partial charge on any atom is 0.243 e. The van der Waals surface area contributed by atoms with Gasteiger partial charge in [0, 0.05) is 10.2 Å². The quantitative estimate of drug-likeness (QED) is 0.848. The zero-order chi connectivity index (χ0) is 16.1. The van der Waals surface area contributed by atoms with E-state index in [1.165, 1.54) is 0 Å². The van der Waals surface area contributed by atoms with Gasteiger partial charge in [0.05, 0.1) is 11.6 Å². The molecule has 0 spiro atoms. The molecule has 2 rings (SSSR count). The minimum absolute atomic E-state index is 0.0367. The van der Waals surface area contributed by atoms with E-state index in [0.717, 1.165) is 15.7 Å². The number of benzene rings is 1. The number of nitrogens with one attached hydrogen (secondary N) is 2. The number of rotatable bonds is 4. The minimum atomic E-state index is -0.208. The summed E-state index contributed by atoms with van der Waals surface area (Å²) >= 11 is 9.17. The van der Waals surface area contributed by atoms with Crippen LogP contribution in [0, 0.1) is 18.3 Å². The Kier molecular flexibility index (Phi) is 5.36. The van der Waals surface area contributed by atoms with Gasteiger partial charge in [-0.2, -0.15) is 5.26 Å². The van der Waals surface area contributed by atoms with Crippen LogP contribution in [0.4, 0.5) is 11.5 Å². The van der Waals surface area contributed by atoms with Crippen LogP contribution in [0.3, 0.4) is 0 Å². The molecular weight excluding hydrogens is 368 g/mol. The van der Waals surface area contributed by atoms with Crippen molar-refractivity contribution in [3.63, 3.8) is 0 Å². The fraction of sp³-hybridized carbons (Fsp3) is 0.133. The largest absolute Gasteiger partial charge is 0.361 e. The van der Waals surface area contributed by atoms with Crippen LogP contribution in [-0.4, -0.2) is 17.4 Å². The van der Waals surface area contributed by atoms with Crippen molar-refractivity contribution in [3.8, 4) is 6.07 Å². The highest BCUT2D eigenvalue weighted by atomic mass is 79.9. The number of amides is 1. The van der Waals surface area contributed by atoms with Crippen LogP contribution in [0.5, 0.6) is 0 Å². The summed E-state index contributed by atoms with van der Waals surface area (Å²) in [6.07, 6.45) is 0. The summed E-state index contributed by atoms with van der Waals surface area (Å²) in [6.45, 7) is 1.95. The number of pyridine rings is 1. The molecular formula is C15H12BrClN4O. The molecule has 2 N–H and O–H groups in total. The monoisotopic (exact) mass is 378 g/mol. The van der Waals surface area contributed by atoms with Crippen molar-refractivity contribution < 1.29 is 4.79 Å². The third kappa shape index (κ3) is 4.20. The van der Waals surface area contributed by atoms with Crippen molar-refractivity contribution >= 4 is 44.9 Å². The van der Waals surface area contributed by atoms with Gasteiger partial charge in [-0.1, -0.05) is 27.5 Å². The van der Waals surface area contributed by atoms with E-state index in [9.17, 15) is 4.79 Å². The first kappa shape index (κ1) is 16.3. The molecule has 0 aliphatic rings. The van der Waals surface area contributed by atoms with Gasteiger partial charge in [0.15, 0.2) is 5.69 Å². The molecule has 0 unspecified atom stereocenters. The van der Waals surface area contributed by atoms with Gasteiger partial charge in [-0.15, -0.1) is 0 Å². The van der Waals surface area contributed by atoms with Gasteiger partial charge in [-0.3, -0.25) is 4.79 Å². The summed E-state index contributed by atoms with van der Waals surface area (Å²) < 4.78 is 0.954. The first-order chi connectivity index (χ1) is 10.5. The van der Waals surface area contributed by atoms with Crippen molar-refractivity contribution in [1.29, 1.82) is 5.26 Å². The number of aromatic nitrogens is 1. The van der Waals surface area contributed by atoms with Gasteiger partial charge in [-0.05, 0) is 42.8 Å². The Balaban J connectivity index is 1.97. The lowest BCUT2D eigenvalue weighted by Crippen LogP contribution is -2.22. The van der Waals surface area contributed by atoms with E-state index < -0.39 is 0 Å². The molecule has 0 saturated heterocycles. The summed E-state index contributed by atoms with van der Waals surface area (Å²) in [5, 5.41) is 14.8. The second kappa shape index (κ2) is 7.25. The molecule has 2 aromatic rings. The molecule has 0 atom stereocenters. The van der Waals surface area contributed by atoms with Crippen LogP contribution in [0.15, 0.2) is 34.8 Å². The molecule has 1 aromatic heterocycles. The number of halogens is 2. The van der Waals surface area contributed by atoms with Crippen LogP contribution in [0.1, 0.15) is 11.3 Å². The lowest BCUT2D eigenvalue weighted by Gasteiger charge is -2.10. The number of hydrogen-bond acceptors (Lipinski definition) is 4. The lowest BCUT2D eigenvalue weighted by molar-refractivity contribution is -0.114. The number of carbonyl (C=O) groups is 1. The molecule has 0 fully saturated rings. The molecule has 22 heavy (non-hydrogen) atoms. The number of nitriles is 1. The highest BCUT2D eigenvalue weighted by Gasteiger charge is 2.07. The van der Waals surface area contributed by atoms with Crippen molar-refractivity contribution in [2.45, 2.75) is 6.92 Å². The SMILES string of the molecule is Cc1cc(Br)ccc1NC(=O)CNc1ccc(Cl)c(C#N)n1. The third-order valence-electron chi connectivity index (χ3n) is 2.84. The molecule has 5 nitrogen and oxygen atoms in total. The smallest absolute Gasteiger partial charge is 0.243 e. The fourth-order valence-corrected chi connectivity index (χ4v) is 2.37. The maximum absolute atomic E-state index is 11.9. The molecule has 0 radical (unpaired) electrons. The highest BCUT2D eigenvalue weighted by Crippen LogP contribution is 2.20. The van der Waals surface area contributed by atoms with Gasteiger partial charge in [-0.25, -0.2) is 4.98 Å². The zero-order valence-corrected chi connectivity index (χ0v) is 14.0. The molecule has 1 amide bonds. The highest BCUT2D eigenvalue weighted by molar-refractivity contribution is 9.10. The molecule has 0 saturated carbocycles. The van der Waals surface area contributed by atoms with E-state index in [1.54, 1.807) is 12.1 Å². The van der Waals surface area contributed by atoms with Crippen LogP contribution < -0.4 is 10.6 Å². The summed E-state index contributed by atoms with van der Waals surface area (Å²) in [6, 6.07) is 10.7. The molecule has 1 heterocycles. The lowest BCUT2D eigenvalue weighted by atomic mass is 10.2. The fourth-order valence-electron chi connectivity index (χ4n) is 1.75. The van der Waals surface area contributed by atoms with Crippen molar-refractivity contribution in [3.05, 3.63) is 51.1 Å². The van der Waals surface area contributed by atoms with Gasteiger partial charge >= 0.3 is 0 Å². The number of nitrogens with zero attached hydrogens (tertiary/aromatic N) is 2. The Morgan fingerprint density at radius 3 is 2.86 bits per heavy atom. The first-order valence-electron chi connectivity index (χ1n) is 6.36. The van der Waals surface area contributed by atoms with Gasteiger partial charge in [0.1, 0.15) is 11.9 Å². The van der Waals surface area contributed by atoms with Gasteiger partial charge in [0.25, 0.3) is 0 Å². The summed E-state index contributed by atoms with van der Waals surface area (Å²) in [4.78, 5) is 15.9. The topological polar surface area (TPSA) is 77.8 Å². The molecule has 7 heteroatoms. The van der Waals surface area contributed by atoms with Gasteiger partial charge in [0.2, 0.25) is 5.91 Å². The van der Waals surface area contributed by atoms with Crippen LogP contribution in [-0.2, 0) is 4.79 Å². The molecule has 1 aromatic carbocycles. The van der Waals surface area contributed by atoms with Gasteiger partial charge < -0.3 is 10.6 Å². The average Bonchev–Trinajstić information content (AvgIpc) is 2.49. The predicted molar refractivity (Wildman–Crippen MR) is 90.0 cm³/mol. The molecule has 0 aliphatic heterocycles. The molecule has 112 valence electrons. The van der Waals surface area contributed by atoms with E-state index >= 15 is 0 Å². The Bertz CT molecular complexity index is 758. The summed E-state index contributed by atoms with van der Waals surface area (Å²) in [5.74, 6) is 0.212. The minimum Gasteiger partial charge on any atom is -0.361 e. The summed E-state index contributed by atoms with van der Waals surface area (Å²) in [7, 11) is 0. The number of anilines is 2. The zero-order valence-electron chi connectivity index (χ0n) is 11.7. The molecule has 0 aliphatic carbocycles. The Morgan fingerprint density at radius 1 is 1.41 bits per heavy atom. The Morgan fingerprint density at radius 2 is 2.18 bits per heavy atom. The van der Waals surface area contributed by atoms with Crippen LogP contribution in [0.2, 0.25) is 5.02 Å². The number of aryl methyl sites for hydroxylation is 1. The number of hydrogen-bond donors (Lipinski definition) is 2. The Hall–Kier alpha value is -2.10. The average molecular weight is 380 g/mol. The number of carbonyl (C=O) groups excluding carboxylic acids is 1. The van der Waals surface area contributed by atoms with E-state index in [1.807, 2.05) is 31.2 Å². The Labute approximate surface area is 141 Å². The van der Waals surface area contributed by atoms with E-state index in [2.05, 4.69) is 31.5 Å². The van der Waals surface area contributed by atoms with E-state index in [4.69, 9.17) is 16.9 Å². The molecule has 0 bridgehead atoms. The van der Waals surface area contributed by atoms with Crippen molar-refractivity contribution in [2.75, 3.05) is 17.2 Å². The van der Waals surface area contributed by atoms with Crippen LogP contribution >= 0.6 is 27.5 Å². The maximum atomic E-state index is 11.9. The van der Waals surface area contributed by atoms with E-state index in [0.29, 0.717) is 5.82 Å². The standard InChI is InChI=1S/C15H12BrClN4O/c1-9-6-10(16)2-4-12(9)21-15(22)8-19-14-5-3-11(17)13(7-18)20-14/h2-6H,8H2,1H3,(H,19,20)(H,21,22). The summed E-state index contributed by atoms with van der Waals surface area (Å²) in [5.41, 5.74) is 1.83. The normalized spacial score (nSPS) is 9.91. The second-order valence-electron chi connectivity index (χ2n) is 4.50. The van der Waals surface area contributed by atoms with E-state index in [-0.39, 0.29) is 23.2 Å². The van der Waals surface area contributed by atoms with Crippen LogP contribution in [0.25, 0.3) is 0 Å². The third-order valence-corrected chi connectivity index (χ3v) is 3.64. The van der Waals surface area contributed by atoms with Crippen molar-refractivity contribution in [1.82, 2.24) is 4.98 Å². The second-order valence-corrected chi connectivity index (χ2v) is 5.82. The predicted octanol–water partition coefficient (Wildman–Crippen LogP) is 3.73. The first-order valence-corrected chi connectivity index (χ1v) is 7.53.